The van der Waals surface area contributed by atoms with Crippen molar-refractivity contribution in [1.82, 2.24) is 19.7 Å². The molecule has 1 aliphatic carbocycles. The van der Waals surface area contributed by atoms with Crippen molar-refractivity contribution in [3.63, 3.8) is 0 Å². The highest BCUT2D eigenvalue weighted by molar-refractivity contribution is 9.10. The molecular formula is C25H27BrN6O4S. The molecule has 2 N–H and O–H groups in total. The van der Waals surface area contributed by atoms with Gasteiger partial charge in [0.15, 0.2) is 5.78 Å². The SMILES string of the molecule is CC(=O)c1nn(CC(=O)N2[C@H](C(=O)Nc3nc(Br)ccc3C)C[C@@]3(C)C[C@@H]23)c2cc(S(C)(=N)=O)ccc12. The summed E-state index contributed by atoms with van der Waals surface area (Å²) in [7, 11) is -3.02. The molecule has 2 aromatic heterocycles. The number of fused-ring (bicyclic) bond motifs is 2. The van der Waals surface area contributed by atoms with Crippen molar-refractivity contribution in [2.75, 3.05) is 11.6 Å². The zero-order valence-corrected chi connectivity index (χ0v) is 23.3. The molecule has 194 valence electrons. The summed E-state index contributed by atoms with van der Waals surface area (Å²) in [5.74, 6) is -0.421. The maximum Gasteiger partial charge on any atom is 0.248 e. The van der Waals surface area contributed by atoms with Gasteiger partial charge >= 0.3 is 0 Å². The lowest BCUT2D eigenvalue weighted by Crippen LogP contribution is -2.47. The Balaban J connectivity index is 1.46. The third-order valence-electron chi connectivity index (χ3n) is 7.32. The van der Waals surface area contributed by atoms with Gasteiger partial charge in [0, 0.05) is 29.5 Å². The number of ketones is 1. The van der Waals surface area contributed by atoms with Gasteiger partial charge in [-0.15, -0.1) is 0 Å². The molecule has 0 bridgehead atoms. The van der Waals surface area contributed by atoms with Crippen LogP contribution in [0.15, 0.2) is 39.8 Å². The van der Waals surface area contributed by atoms with Crippen LogP contribution in [0.5, 0.6) is 0 Å². The van der Waals surface area contributed by atoms with Gasteiger partial charge in [0.2, 0.25) is 11.8 Å². The van der Waals surface area contributed by atoms with Crippen molar-refractivity contribution in [2.45, 2.75) is 57.1 Å². The summed E-state index contributed by atoms with van der Waals surface area (Å²) in [6.07, 6.45) is 2.67. The Morgan fingerprint density at radius 2 is 1.97 bits per heavy atom. The van der Waals surface area contributed by atoms with Crippen molar-refractivity contribution < 1.29 is 18.6 Å². The fourth-order valence-corrected chi connectivity index (χ4v) is 6.15. The normalized spacial score (nSPS) is 24.0. The van der Waals surface area contributed by atoms with Crippen LogP contribution in [0.25, 0.3) is 10.9 Å². The van der Waals surface area contributed by atoms with Gasteiger partial charge in [-0.25, -0.2) is 14.0 Å². The van der Waals surface area contributed by atoms with E-state index in [4.69, 9.17) is 4.78 Å². The first-order valence-electron chi connectivity index (χ1n) is 11.8. The van der Waals surface area contributed by atoms with E-state index in [2.05, 4.69) is 38.3 Å². The lowest BCUT2D eigenvalue weighted by molar-refractivity contribution is -0.138. The van der Waals surface area contributed by atoms with Crippen LogP contribution in [0.2, 0.25) is 0 Å². The van der Waals surface area contributed by atoms with E-state index in [1.54, 1.807) is 29.2 Å². The molecule has 12 heteroatoms. The van der Waals surface area contributed by atoms with Crippen molar-refractivity contribution in [3.8, 4) is 0 Å². The van der Waals surface area contributed by atoms with E-state index >= 15 is 0 Å². The number of Topliss-reactive ketones (excluding diaryl/α,β-unsaturated/α-hetero) is 1. The number of piperidine rings is 1. The molecule has 1 unspecified atom stereocenters. The highest BCUT2D eigenvalue weighted by Crippen LogP contribution is 2.59. The number of halogens is 1. The summed E-state index contributed by atoms with van der Waals surface area (Å²) in [5.41, 5.74) is 1.33. The molecule has 1 saturated heterocycles. The quantitative estimate of drug-likeness (QED) is 0.333. The lowest BCUT2D eigenvalue weighted by Gasteiger charge is -2.27. The lowest BCUT2D eigenvalue weighted by atomic mass is 10.0. The molecule has 5 rings (SSSR count). The first-order valence-corrected chi connectivity index (χ1v) is 14.5. The maximum absolute atomic E-state index is 13.7. The highest BCUT2D eigenvalue weighted by atomic mass is 79.9. The van der Waals surface area contributed by atoms with Gasteiger partial charge in [0.05, 0.1) is 15.2 Å². The summed E-state index contributed by atoms with van der Waals surface area (Å²) < 4.78 is 22.3. The number of hydrogen-bond acceptors (Lipinski definition) is 7. The number of likely N-dealkylation sites (tertiary alicyclic amines) is 1. The van der Waals surface area contributed by atoms with E-state index < -0.39 is 15.8 Å². The van der Waals surface area contributed by atoms with E-state index in [1.165, 1.54) is 17.9 Å². The predicted molar refractivity (Wildman–Crippen MR) is 142 cm³/mol. The third kappa shape index (κ3) is 4.56. The second-order valence-corrected chi connectivity index (χ2v) is 13.2. The average molecular weight is 588 g/mol. The van der Waals surface area contributed by atoms with E-state index in [0.717, 1.165) is 12.0 Å². The molecule has 1 saturated carbocycles. The number of anilines is 1. The van der Waals surface area contributed by atoms with Crippen molar-refractivity contribution in [2.24, 2.45) is 5.41 Å². The van der Waals surface area contributed by atoms with Crippen LogP contribution < -0.4 is 5.32 Å². The van der Waals surface area contributed by atoms with Crippen LogP contribution in [0.1, 0.15) is 42.7 Å². The number of carbonyl (C=O) groups is 3. The van der Waals surface area contributed by atoms with E-state index in [9.17, 15) is 18.6 Å². The highest BCUT2D eigenvalue weighted by Gasteiger charge is 2.64. The molecule has 37 heavy (non-hydrogen) atoms. The summed E-state index contributed by atoms with van der Waals surface area (Å²) in [6, 6.07) is 7.63. The first-order chi connectivity index (χ1) is 17.3. The van der Waals surface area contributed by atoms with Crippen LogP contribution in [0.4, 0.5) is 5.82 Å². The Hall–Kier alpha value is -3.12. The van der Waals surface area contributed by atoms with Crippen molar-refractivity contribution in [3.05, 3.63) is 46.2 Å². The maximum atomic E-state index is 13.7. The zero-order valence-electron chi connectivity index (χ0n) is 20.9. The number of nitrogens with zero attached hydrogens (tertiary/aromatic N) is 4. The van der Waals surface area contributed by atoms with Gasteiger partial charge in [-0.2, -0.15) is 5.10 Å². The van der Waals surface area contributed by atoms with Crippen molar-refractivity contribution >= 4 is 60.0 Å². The van der Waals surface area contributed by atoms with Crippen LogP contribution in [-0.4, -0.2) is 59.8 Å². The zero-order chi connectivity index (χ0) is 26.9. The molecule has 2 aliphatic rings. The number of amides is 2. The Morgan fingerprint density at radius 3 is 2.65 bits per heavy atom. The van der Waals surface area contributed by atoms with Gasteiger partial charge in [0.1, 0.15) is 28.7 Å². The topological polar surface area (TPSA) is 138 Å². The summed E-state index contributed by atoms with van der Waals surface area (Å²) in [6.45, 7) is 5.12. The number of nitrogens with one attached hydrogen (secondary N) is 2. The Bertz CT molecular complexity index is 1600. The van der Waals surface area contributed by atoms with E-state index in [-0.39, 0.29) is 46.2 Å². The van der Waals surface area contributed by atoms with Gasteiger partial charge in [-0.3, -0.25) is 19.1 Å². The monoisotopic (exact) mass is 586 g/mol. The van der Waals surface area contributed by atoms with E-state index in [0.29, 0.717) is 27.7 Å². The molecule has 3 heterocycles. The van der Waals surface area contributed by atoms with Gasteiger partial charge in [-0.1, -0.05) is 13.0 Å². The third-order valence-corrected chi connectivity index (χ3v) is 8.92. The average Bonchev–Trinajstić information content (AvgIpc) is 3.18. The molecule has 1 aromatic carbocycles. The Morgan fingerprint density at radius 1 is 1.24 bits per heavy atom. The summed E-state index contributed by atoms with van der Waals surface area (Å²) in [4.78, 5) is 45.5. The minimum absolute atomic E-state index is 0.0559. The molecule has 3 aromatic rings. The number of aromatic nitrogens is 3. The summed E-state index contributed by atoms with van der Waals surface area (Å²) >= 11 is 3.33. The van der Waals surface area contributed by atoms with Crippen LogP contribution in [0.3, 0.4) is 0 Å². The first kappa shape index (κ1) is 25.5. The van der Waals surface area contributed by atoms with Gasteiger partial charge in [0.25, 0.3) is 0 Å². The fourth-order valence-electron chi connectivity index (χ4n) is 5.18. The molecule has 2 amide bonds. The fraction of sp³-hybridized carbons (Fsp3) is 0.400. The predicted octanol–water partition coefficient (Wildman–Crippen LogP) is 3.76. The van der Waals surface area contributed by atoms with Gasteiger partial charge < -0.3 is 10.2 Å². The molecule has 1 aliphatic heterocycles. The molecular weight excluding hydrogens is 560 g/mol. The Kier molecular flexibility index (Phi) is 6.02. The number of rotatable bonds is 6. The molecule has 2 fully saturated rings. The number of pyridine rings is 1. The van der Waals surface area contributed by atoms with E-state index in [1.807, 2.05) is 13.0 Å². The summed E-state index contributed by atoms with van der Waals surface area (Å²) in [5, 5.41) is 7.79. The standard InChI is InChI=1S/C25H27BrN6O4S/c1-13-5-8-20(26)28-23(13)29-24(35)18-10-25(3)11-19(25)32(18)21(34)12-31-17-9-15(37(4,27)36)6-7-16(17)22(30-31)14(2)33/h5-9,18-19,27H,10-12H2,1-4H3,(H,28,29,35)/t18-,19+,25-,37?/m0/s1. The largest absolute Gasteiger partial charge is 0.325 e. The molecule has 4 atom stereocenters. The number of carbonyl (C=O) groups excluding carboxylic acids is 3. The van der Waals surface area contributed by atoms with Crippen LogP contribution in [0, 0.1) is 17.1 Å². The minimum atomic E-state index is -3.02. The number of aryl methyl sites for hydroxylation is 1. The van der Waals surface area contributed by atoms with Crippen LogP contribution >= 0.6 is 15.9 Å². The number of benzene rings is 1. The van der Waals surface area contributed by atoms with Gasteiger partial charge in [-0.05, 0) is 70.9 Å². The molecule has 10 nitrogen and oxygen atoms in total. The Labute approximate surface area is 222 Å². The minimum Gasteiger partial charge on any atom is -0.325 e. The molecule has 0 spiro atoms. The second-order valence-electron chi connectivity index (χ2n) is 10.3. The number of hydrogen-bond donors (Lipinski definition) is 2. The second kappa shape index (κ2) is 8.73. The molecule has 0 radical (unpaired) electrons. The smallest absolute Gasteiger partial charge is 0.248 e. The van der Waals surface area contributed by atoms with Crippen LogP contribution in [-0.2, 0) is 25.9 Å². The van der Waals surface area contributed by atoms with Crippen molar-refractivity contribution in [1.29, 1.82) is 4.78 Å².